The Labute approximate surface area is 98.8 Å². The van der Waals surface area contributed by atoms with Crippen LogP contribution < -0.4 is 15.2 Å². The van der Waals surface area contributed by atoms with Crippen molar-refractivity contribution in [3.63, 3.8) is 0 Å². The number of ether oxygens (including phenoxy) is 2. The van der Waals surface area contributed by atoms with Gasteiger partial charge in [0, 0.05) is 36.1 Å². The molecule has 0 saturated carbocycles. The minimum absolute atomic E-state index is 0.558. The molecule has 5 heteroatoms. The standard InChI is InChI=1S/C12H13N3O2/c1-15-7-8(6-14-15)10-4-9(13)5-11-12(10)17-3-2-16-11/h4-7H,2-3,13H2,1H3. The van der Waals surface area contributed by atoms with Crippen molar-refractivity contribution in [3.05, 3.63) is 24.5 Å². The summed E-state index contributed by atoms with van der Waals surface area (Å²) in [4.78, 5) is 0. The smallest absolute Gasteiger partial charge is 0.169 e. The number of hydrogen-bond acceptors (Lipinski definition) is 4. The monoisotopic (exact) mass is 231 g/mol. The van der Waals surface area contributed by atoms with Gasteiger partial charge in [0.15, 0.2) is 11.5 Å². The molecule has 0 fully saturated rings. The van der Waals surface area contributed by atoms with Gasteiger partial charge >= 0.3 is 0 Å². The number of nitrogens with zero attached hydrogens (tertiary/aromatic N) is 2. The van der Waals surface area contributed by atoms with Gasteiger partial charge in [-0.05, 0) is 6.07 Å². The summed E-state index contributed by atoms with van der Waals surface area (Å²) in [5.74, 6) is 1.45. The van der Waals surface area contributed by atoms with Crippen molar-refractivity contribution in [2.24, 2.45) is 7.05 Å². The fraction of sp³-hybridized carbons (Fsp3) is 0.250. The summed E-state index contributed by atoms with van der Waals surface area (Å²) in [5, 5.41) is 4.15. The van der Waals surface area contributed by atoms with Crippen LogP contribution in [0.2, 0.25) is 0 Å². The summed E-state index contributed by atoms with van der Waals surface area (Å²) in [6, 6.07) is 3.67. The second-order valence-corrected chi connectivity index (χ2v) is 4.00. The molecule has 2 heterocycles. The first-order valence-electron chi connectivity index (χ1n) is 5.42. The van der Waals surface area contributed by atoms with E-state index in [4.69, 9.17) is 15.2 Å². The van der Waals surface area contributed by atoms with Crippen LogP contribution in [-0.4, -0.2) is 23.0 Å². The molecule has 17 heavy (non-hydrogen) atoms. The zero-order valence-electron chi connectivity index (χ0n) is 9.51. The number of aryl methyl sites for hydroxylation is 1. The molecule has 1 aromatic heterocycles. The first-order chi connectivity index (χ1) is 8.24. The highest BCUT2D eigenvalue weighted by Gasteiger charge is 2.18. The molecule has 2 aromatic rings. The Bertz CT molecular complexity index is 563. The largest absolute Gasteiger partial charge is 0.486 e. The summed E-state index contributed by atoms with van der Waals surface area (Å²) in [7, 11) is 1.87. The lowest BCUT2D eigenvalue weighted by Crippen LogP contribution is -2.16. The van der Waals surface area contributed by atoms with Gasteiger partial charge in [0.25, 0.3) is 0 Å². The minimum atomic E-state index is 0.558. The van der Waals surface area contributed by atoms with E-state index in [0.29, 0.717) is 24.7 Å². The summed E-state index contributed by atoms with van der Waals surface area (Å²) < 4.78 is 12.9. The van der Waals surface area contributed by atoms with Gasteiger partial charge in [0.1, 0.15) is 13.2 Å². The lowest BCUT2D eigenvalue weighted by Gasteiger charge is -2.21. The molecule has 0 amide bonds. The Kier molecular flexibility index (Phi) is 2.18. The third-order valence-electron chi connectivity index (χ3n) is 2.68. The van der Waals surface area contributed by atoms with E-state index in [-0.39, 0.29) is 0 Å². The maximum Gasteiger partial charge on any atom is 0.169 e. The summed E-state index contributed by atoms with van der Waals surface area (Å²) in [5.41, 5.74) is 8.42. The SMILES string of the molecule is Cn1cc(-c2cc(N)cc3c2OCCO3)cn1. The zero-order valence-corrected chi connectivity index (χ0v) is 9.51. The molecule has 0 unspecified atom stereocenters. The number of nitrogen functional groups attached to an aromatic ring is 1. The molecule has 1 aliphatic rings. The van der Waals surface area contributed by atoms with E-state index >= 15 is 0 Å². The zero-order chi connectivity index (χ0) is 11.8. The normalized spacial score (nSPS) is 13.7. The van der Waals surface area contributed by atoms with Gasteiger partial charge in [-0.3, -0.25) is 4.68 Å². The van der Waals surface area contributed by atoms with Gasteiger partial charge in [-0.15, -0.1) is 0 Å². The minimum Gasteiger partial charge on any atom is -0.486 e. The predicted molar refractivity (Wildman–Crippen MR) is 64.0 cm³/mol. The summed E-state index contributed by atoms with van der Waals surface area (Å²) in [6.07, 6.45) is 3.71. The molecule has 5 nitrogen and oxygen atoms in total. The summed E-state index contributed by atoms with van der Waals surface area (Å²) >= 11 is 0. The molecule has 2 N–H and O–H groups in total. The van der Waals surface area contributed by atoms with Crippen LogP contribution in [0.5, 0.6) is 11.5 Å². The molecule has 0 aliphatic carbocycles. The van der Waals surface area contributed by atoms with Crippen LogP contribution in [0.15, 0.2) is 24.5 Å². The molecular formula is C12H13N3O2. The Balaban J connectivity index is 2.18. The van der Waals surface area contributed by atoms with E-state index in [1.807, 2.05) is 19.3 Å². The van der Waals surface area contributed by atoms with E-state index < -0.39 is 0 Å². The maximum absolute atomic E-state index is 5.86. The van der Waals surface area contributed by atoms with E-state index in [9.17, 15) is 0 Å². The number of anilines is 1. The molecule has 0 bridgehead atoms. The van der Waals surface area contributed by atoms with Crippen LogP contribution in [-0.2, 0) is 7.05 Å². The second-order valence-electron chi connectivity index (χ2n) is 4.00. The lowest BCUT2D eigenvalue weighted by molar-refractivity contribution is 0.172. The van der Waals surface area contributed by atoms with Gasteiger partial charge in [0.05, 0.1) is 6.20 Å². The Morgan fingerprint density at radius 1 is 1.29 bits per heavy atom. The van der Waals surface area contributed by atoms with Crippen LogP contribution >= 0.6 is 0 Å². The predicted octanol–water partition coefficient (Wildman–Crippen LogP) is 1.44. The van der Waals surface area contributed by atoms with E-state index in [1.165, 1.54) is 0 Å². The third kappa shape index (κ3) is 1.69. The van der Waals surface area contributed by atoms with Crippen LogP contribution in [0.4, 0.5) is 5.69 Å². The molecular weight excluding hydrogens is 218 g/mol. The number of aromatic nitrogens is 2. The van der Waals surface area contributed by atoms with Crippen LogP contribution in [0.25, 0.3) is 11.1 Å². The van der Waals surface area contributed by atoms with Gasteiger partial charge in [-0.1, -0.05) is 0 Å². The molecule has 1 aromatic carbocycles. The molecule has 0 saturated heterocycles. The van der Waals surface area contributed by atoms with Gasteiger partial charge in [-0.2, -0.15) is 5.10 Å². The van der Waals surface area contributed by atoms with Gasteiger partial charge in [-0.25, -0.2) is 0 Å². The highest BCUT2D eigenvalue weighted by molar-refractivity contribution is 5.77. The number of hydrogen-bond donors (Lipinski definition) is 1. The van der Waals surface area contributed by atoms with Crippen molar-refractivity contribution < 1.29 is 9.47 Å². The number of rotatable bonds is 1. The van der Waals surface area contributed by atoms with E-state index in [2.05, 4.69) is 5.10 Å². The molecule has 1 aliphatic heterocycles. The maximum atomic E-state index is 5.86. The average Bonchev–Trinajstić information content (AvgIpc) is 2.74. The van der Waals surface area contributed by atoms with Crippen LogP contribution in [0.3, 0.4) is 0 Å². The van der Waals surface area contributed by atoms with Crippen molar-refractivity contribution in [3.8, 4) is 22.6 Å². The van der Waals surface area contributed by atoms with Crippen molar-refractivity contribution in [1.29, 1.82) is 0 Å². The van der Waals surface area contributed by atoms with Crippen LogP contribution in [0.1, 0.15) is 0 Å². The summed E-state index contributed by atoms with van der Waals surface area (Å²) in [6.45, 7) is 1.12. The Hall–Kier alpha value is -2.17. The number of benzene rings is 1. The van der Waals surface area contributed by atoms with E-state index in [1.54, 1.807) is 16.9 Å². The quantitative estimate of drug-likeness (QED) is 0.754. The van der Waals surface area contributed by atoms with Crippen molar-refractivity contribution >= 4 is 5.69 Å². The molecule has 0 radical (unpaired) electrons. The first kappa shape index (κ1) is 10.0. The van der Waals surface area contributed by atoms with Crippen molar-refractivity contribution in [2.75, 3.05) is 18.9 Å². The molecule has 0 atom stereocenters. The third-order valence-corrected chi connectivity index (χ3v) is 2.68. The molecule has 88 valence electrons. The molecule has 0 spiro atoms. The Morgan fingerprint density at radius 2 is 2.12 bits per heavy atom. The van der Waals surface area contributed by atoms with Gasteiger partial charge < -0.3 is 15.2 Å². The number of nitrogens with two attached hydrogens (primary N) is 1. The van der Waals surface area contributed by atoms with Gasteiger partial charge in [0.2, 0.25) is 0 Å². The van der Waals surface area contributed by atoms with Crippen LogP contribution in [0, 0.1) is 0 Å². The van der Waals surface area contributed by atoms with Crippen molar-refractivity contribution in [2.45, 2.75) is 0 Å². The lowest BCUT2D eigenvalue weighted by atomic mass is 10.1. The second kappa shape index (κ2) is 3.69. The fourth-order valence-electron chi connectivity index (χ4n) is 1.95. The fourth-order valence-corrected chi connectivity index (χ4v) is 1.95. The highest BCUT2D eigenvalue weighted by Crippen LogP contribution is 2.41. The van der Waals surface area contributed by atoms with E-state index in [0.717, 1.165) is 16.9 Å². The number of fused-ring (bicyclic) bond motifs is 1. The topological polar surface area (TPSA) is 62.3 Å². The molecule has 3 rings (SSSR count). The Morgan fingerprint density at radius 3 is 2.88 bits per heavy atom. The van der Waals surface area contributed by atoms with Crippen molar-refractivity contribution in [1.82, 2.24) is 9.78 Å². The average molecular weight is 231 g/mol. The highest BCUT2D eigenvalue weighted by atomic mass is 16.6. The first-order valence-corrected chi connectivity index (χ1v) is 5.42.